The van der Waals surface area contributed by atoms with E-state index in [-0.39, 0.29) is 0 Å². The number of ether oxygens (including phenoxy) is 1. The maximum absolute atomic E-state index is 5.74. The lowest BCUT2D eigenvalue weighted by molar-refractivity contribution is 0.304. The van der Waals surface area contributed by atoms with Gasteiger partial charge in [0.15, 0.2) is 5.75 Å². The summed E-state index contributed by atoms with van der Waals surface area (Å²) in [6.07, 6.45) is 8.07. The highest BCUT2D eigenvalue weighted by atomic mass is 79.9. The second-order valence-corrected chi connectivity index (χ2v) is 4.30. The van der Waals surface area contributed by atoms with Crippen LogP contribution in [0.3, 0.4) is 0 Å². The van der Waals surface area contributed by atoms with E-state index in [4.69, 9.17) is 10.5 Å². The number of nitrogens with two attached hydrogens (primary N) is 1. The molecule has 0 bridgehead atoms. The Labute approximate surface area is 99.2 Å². The van der Waals surface area contributed by atoms with Crippen LogP contribution in [-0.4, -0.2) is 11.6 Å². The molecule has 0 spiro atoms. The van der Waals surface area contributed by atoms with Gasteiger partial charge in [0.2, 0.25) is 0 Å². The number of pyridine rings is 1. The first-order valence-electron chi connectivity index (χ1n) is 5.27. The molecule has 0 saturated heterocycles. The zero-order valence-corrected chi connectivity index (χ0v) is 10.6. The van der Waals surface area contributed by atoms with Crippen LogP contribution in [0.25, 0.3) is 0 Å². The number of halogens is 1. The predicted molar refractivity (Wildman–Crippen MR) is 66.0 cm³/mol. The predicted octanol–water partition coefficient (Wildman–Crippen LogP) is 3.39. The van der Waals surface area contributed by atoms with E-state index in [1.165, 1.54) is 19.3 Å². The number of aromatic nitrogens is 1. The van der Waals surface area contributed by atoms with Gasteiger partial charge in [-0.15, -0.1) is 0 Å². The number of rotatable bonds is 6. The van der Waals surface area contributed by atoms with E-state index in [2.05, 4.69) is 27.8 Å². The fourth-order valence-electron chi connectivity index (χ4n) is 1.29. The molecule has 1 aromatic rings. The average molecular weight is 273 g/mol. The molecule has 1 aromatic heterocycles. The summed E-state index contributed by atoms with van der Waals surface area (Å²) < 4.78 is 6.42. The molecule has 2 N–H and O–H groups in total. The molecular formula is C11H17BrN2O. The van der Waals surface area contributed by atoms with E-state index < -0.39 is 0 Å². The zero-order valence-electron chi connectivity index (χ0n) is 9.00. The van der Waals surface area contributed by atoms with E-state index in [1.54, 1.807) is 12.4 Å². The SMILES string of the molecule is CCCCCCOc1c(N)cncc1Br. The first-order chi connectivity index (χ1) is 7.25. The lowest BCUT2D eigenvalue weighted by Crippen LogP contribution is -2.01. The Bertz CT molecular complexity index is 284. The first kappa shape index (κ1) is 12.3. The molecule has 0 atom stereocenters. The number of nitrogens with zero attached hydrogens (tertiary/aromatic N) is 1. The summed E-state index contributed by atoms with van der Waals surface area (Å²) in [6, 6.07) is 0. The number of unbranched alkanes of at least 4 members (excludes halogenated alkanes) is 3. The van der Waals surface area contributed by atoms with Gasteiger partial charge in [-0.2, -0.15) is 0 Å². The number of anilines is 1. The van der Waals surface area contributed by atoms with Crippen LogP contribution < -0.4 is 10.5 Å². The van der Waals surface area contributed by atoms with Crippen molar-refractivity contribution in [2.75, 3.05) is 12.3 Å². The van der Waals surface area contributed by atoms with Crippen LogP contribution in [0.5, 0.6) is 5.75 Å². The van der Waals surface area contributed by atoms with Crippen molar-refractivity contribution in [3.8, 4) is 5.75 Å². The van der Waals surface area contributed by atoms with E-state index >= 15 is 0 Å². The highest BCUT2D eigenvalue weighted by molar-refractivity contribution is 9.10. The number of nitrogen functional groups attached to an aromatic ring is 1. The number of hydrogen-bond acceptors (Lipinski definition) is 3. The second kappa shape index (κ2) is 6.67. The maximum Gasteiger partial charge on any atom is 0.159 e. The van der Waals surface area contributed by atoms with E-state index in [1.807, 2.05) is 0 Å². The fourth-order valence-corrected chi connectivity index (χ4v) is 1.76. The van der Waals surface area contributed by atoms with Crippen LogP contribution >= 0.6 is 15.9 Å². The smallest absolute Gasteiger partial charge is 0.159 e. The van der Waals surface area contributed by atoms with Crippen molar-refractivity contribution < 1.29 is 4.74 Å². The Morgan fingerprint density at radius 1 is 1.33 bits per heavy atom. The van der Waals surface area contributed by atoms with Gasteiger partial charge >= 0.3 is 0 Å². The highest BCUT2D eigenvalue weighted by Gasteiger charge is 2.05. The third kappa shape index (κ3) is 4.08. The van der Waals surface area contributed by atoms with Crippen molar-refractivity contribution >= 4 is 21.6 Å². The van der Waals surface area contributed by atoms with Crippen LogP contribution in [0.15, 0.2) is 16.9 Å². The average Bonchev–Trinajstić information content (AvgIpc) is 2.21. The van der Waals surface area contributed by atoms with Gasteiger partial charge in [-0.3, -0.25) is 4.98 Å². The Balaban J connectivity index is 2.37. The monoisotopic (exact) mass is 272 g/mol. The maximum atomic E-state index is 5.74. The normalized spacial score (nSPS) is 10.3. The standard InChI is InChI=1S/C11H17BrN2O/c1-2-3-4-5-6-15-11-9(12)7-14-8-10(11)13/h7-8H,2-6,13H2,1H3. The quantitative estimate of drug-likeness (QED) is 0.808. The van der Waals surface area contributed by atoms with E-state index in [0.717, 1.165) is 10.9 Å². The van der Waals surface area contributed by atoms with Crippen molar-refractivity contribution in [1.29, 1.82) is 0 Å². The Morgan fingerprint density at radius 3 is 2.80 bits per heavy atom. The second-order valence-electron chi connectivity index (χ2n) is 3.45. The zero-order chi connectivity index (χ0) is 11.1. The summed E-state index contributed by atoms with van der Waals surface area (Å²) in [6.45, 7) is 2.91. The molecule has 1 heterocycles. The molecule has 0 aliphatic heterocycles. The molecular weight excluding hydrogens is 256 g/mol. The van der Waals surface area contributed by atoms with Crippen LogP contribution in [-0.2, 0) is 0 Å². The van der Waals surface area contributed by atoms with Crippen LogP contribution in [0, 0.1) is 0 Å². The molecule has 0 radical (unpaired) electrons. The summed E-state index contributed by atoms with van der Waals surface area (Å²) in [4.78, 5) is 3.95. The van der Waals surface area contributed by atoms with Crippen molar-refractivity contribution in [3.63, 3.8) is 0 Å². The van der Waals surface area contributed by atoms with Gasteiger partial charge in [0.25, 0.3) is 0 Å². The van der Waals surface area contributed by atoms with Crippen LogP contribution in [0.4, 0.5) is 5.69 Å². The molecule has 0 amide bonds. The van der Waals surface area contributed by atoms with Crippen molar-refractivity contribution in [1.82, 2.24) is 4.98 Å². The molecule has 4 heteroatoms. The molecule has 84 valence electrons. The minimum atomic E-state index is 0.583. The minimum Gasteiger partial charge on any atom is -0.490 e. The molecule has 0 unspecified atom stereocenters. The van der Waals surface area contributed by atoms with Gasteiger partial charge in [0.05, 0.1) is 23.0 Å². The van der Waals surface area contributed by atoms with Gasteiger partial charge in [-0.05, 0) is 22.4 Å². The van der Waals surface area contributed by atoms with Crippen molar-refractivity contribution in [2.24, 2.45) is 0 Å². The Hall–Kier alpha value is -0.770. The third-order valence-corrected chi connectivity index (χ3v) is 2.69. The Morgan fingerprint density at radius 2 is 2.13 bits per heavy atom. The summed E-state index contributed by atoms with van der Waals surface area (Å²) in [5, 5.41) is 0. The van der Waals surface area contributed by atoms with Gasteiger partial charge in [-0.25, -0.2) is 0 Å². The summed E-state index contributed by atoms with van der Waals surface area (Å²) >= 11 is 3.36. The highest BCUT2D eigenvalue weighted by Crippen LogP contribution is 2.29. The van der Waals surface area contributed by atoms with Crippen LogP contribution in [0.2, 0.25) is 0 Å². The summed E-state index contributed by atoms with van der Waals surface area (Å²) in [5.41, 5.74) is 6.33. The molecule has 15 heavy (non-hydrogen) atoms. The molecule has 0 fully saturated rings. The van der Waals surface area contributed by atoms with Gasteiger partial charge in [0.1, 0.15) is 0 Å². The molecule has 0 aromatic carbocycles. The van der Waals surface area contributed by atoms with E-state index in [0.29, 0.717) is 18.0 Å². The number of hydrogen-bond donors (Lipinski definition) is 1. The Kier molecular flexibility index (Phi) is 5.47. The van der Waals surface area contributed by atoms with Gasteiger partial charge < -0.3 is 10.5 Å². The summed E-state index contributed by atoms with van der Waals surface area (Å²) in [5.74, 6) is 0.710. The topological polar surface area (TPSA) is 48.1 Å². The lowest BCUT2D eigenvalue weighted by atomic mass is 10.2. The largest absolute Gasteiger partial charge is 0.490 e. The van der Waals surface area contributed by atoms with Crippen LogP contribution in [0.1, 0.15) is 32.6 Å². The lowest BCUT2D eigenvalue weighted by Gasteiger charge is -2.09. The molecule has 0 aliphatic rings. The molecule has 1 rings (SSSR count). The van der Waals surface area contributed by atoms with Crippen molar-refractivity contribution in [3.05, 3.63) is 16.9 Å². The summed E-state index contributed by atoms with van der Waals surface area (Å²) in [7, 11) is 0. The van der Waals surface area contributed by atoms with Crippen molar-refractivity contribution in [2.45, 2.75) is 32.6 Å². The van der Waals surface area contributed by atoms with E-state index in [9.17, 15) is 0 Å². The minimum absolute atomic E-state index is 0.583. The van der Waals surface area contributed by atoms with Gasteiger partial charge in [0, 0.05) is 6.20 Å². The molecule has 3 nitrogen and oxygen atoms in total. The van der Waals surface area contributed by atoms with Gasteiger partial charge in [-0.1, -0.05) is 26.2 Å². The fraction of sp³-hybridized carbons (Fsp3) is 0.545. The first-order valence-corrected chi connectivity index (χ1v) is 6.06. The third-order valence-electron chi connectivity index (χ3n) is 2.12. The molecule has 0 saturated carbocycles. The molecule has 0 aliphatic carbocycles.